The van der Waals surface area contributed by atoms with E-state index in [1.165, 1.54) is 30.3 Å². The van der Waals surface area contributed by atoms with E-state index in [1.807, 2.05) is 30.9 Å². The van der Waals surface area contributed by atoms with Gasteiger partial charge in [0.1, 0.15) is 22.9 Å². The SMILES string of the molecule is CCN(CCOc1ccccc1S(=O)(=O)F)c1ccc(N=Nc2ccc([N+](=O)[O-])cc2Cl)c(C)c1. The summed E-state index contributed by atoms with van der Waals surface area (Å²) in [5, 5.41) is 19.3. The molecule has 0 aliphatic carbocycles. The van der Waals surface area contributed by atoms with Crippen molar-refractivity contribution in [1.29, 1.82) is 0 Å². The Balaban J connectivity index is 1.69. The maximum absolute atomic E-state index is 13.5. The standard InChI is InChI=1S/C23H22ClFN4O5S/c1-3-28(12-13-34-22-6-4-5-7-23(22)35(25,32)33)17-8-10-20(16(2)14-17)26-27-21-11-9-18(29(30)31)15-19(21)24/h4-11,14-15H,3,12-13H2,1-2H3. The van der Waals surface area contributed by atoms with E-state index in [0.29, 0.717) is 24.5 Å². The molecule has 3 rings (SSSR count). The van der Waals surface area contributed by atoms with Crippen molar-refractivity contribution in [3.63, 3.8) is 0 Å². The second kappa shape index (κ2) is 11.2. The third-order valence-electron chi connectivity index (χ3n) is 5.07. The van der Waals surface area contributed by atoms with Crippen molar-refractivity contribution in [2.45, 2.75) is 18.7 Å². The number of para-hydroxylation sites is 1. The number of nitro benzene ring substituents is 1. The van der Waals surface area contributed by atoms with Crippen LogP contribution in [0.3, 0.4) is 0 Å². The van der Waals surface area contributed by atoms with E-state index in [1.54, 1.807) is 12.1 Å². The molecular weight excluding hydrogens is 499 g/mol. The predicted molar refractivity (Wildman–Crippen MR) is 132 cm³/mol. The zero-order valence-corrected chi connectivity index (χ0v) is 20.5. The number of hydrogen-bond acceptors (Lipinski definition) is 8. The van der Waals surface area contributed by atoms with Crippen LogP contribution in [0.5, 0.6) is 5.75 Å². The number of halogens is 2. The van der Waals surface area contributed by atoms with Crippen molar-refractivity contribution in [2.75, 3.05) is 24.6 Å². The Labute approximate surface area is 207 Å². The van der Waals surface area contributed by atoms with E-state index in [4.69, 9.17) is 16.3 Å². The van der Waals surface area contributed by atoms with Crippen LogP contribution in [0.2, 0.25) is 5.02 Å². The molecule has 0 aliphatic heterocycles. The zero-order chi connectivity index (χ0) is 25.6. The summed E-state index contributed by atoms with van der Waals surface area (Å²) in [4.78, 5) is 11.8. The minimum Gasteiger partial charge on any atom is -0.490 e. The summed E-state index contributed by atoms with van der Waals surface area (Å²) < 4.78 is 41.6. The molecule has 0 unspecified atom stereocenters. The molecule has 0 aliphatic rings. The highest BCUT2D eigenvalue weighted by Gasteiger charge is 2.18. The molecule has 0 N–H and O–H groups in total. The number of benzene rings is 3. The molecule has 0 amide bonds. The average molecular weight is 521 g/mol. The number of hydrogen-bond donors (Lipinski definition) is 0. The van der Waals surface area contributed by atoms with Crippen molar-refractivity contribution in [2.24, 2.45) is 10.2 Å². The molecule has 0 saturated heterocycles. The van der Waals surface area contributed by atoms with Gasteiger partial charge in [-0.25, -0.2) is 0 Å². The summed E-state index contributed by atoms with van der Waals surface area (Å²) in [7, 11) is -4.88. The summed E-state index contributed by atoms with van der Waals surface area (Å²) in [5.41, 5.74) is 2.49. The fourth-order valence-electron chi connectivity index (χ4n) is 3.25. The van der Waals surface area contributed by atoms with E-state index in [9.17, 15) is 22.4 Å². The van der Waals surface area contributed by atoms with E-state index in [0.717, 1.165) is 17.3 Å². The first kappa shape index (κ1) is 26.0. The lowest BCUT2D eigenvalue weighted by Gasteiger charge is -2.24. The fourth-order valence-corrected chi connectivity index (χ4v) is 4.07. The van der Waals surface area contributed by atoms with Crippen molar-refractivity contribution in [1.82, 2.24) is 0 Å². The van der Waals surface area contributed by atoms with Gasteiger partial charge >= 0.3 is 10.2 Å². The van der Waals surface area contributed by atoms with E-state index in [2.05, 4.69) is 10.2 Å². The van der Waals surface area contributed by atoms with Crippen LogP contribution in [0.15, 0.2) is 75.8 Å². The maximum atomic E-state index is 13.5. The van der Waals surface area contributed by atoms with Crippen LogP contribution in [0.1, 0.15) is 12.5 Å². The lowest BCUT2D eigenvalue weighted by atomic mass is 10.1. The highest BCUT2D eigenvalue weighted by atomic mass is 35.5. The highest BCUT2D eigenvalue weighted by molar-refractivity contribution is 7.86. The molecule has 0 radical (unpaired) electrons. The Bertz CT molecular complexity index is 1370. The van der Waals surface area contributed by atoms with Crippen LogP contribution in [0, 0.1) is 17.0 Å². The predicted octanol–water partition coefficient (Wildman–Crippen LogP) is 6.54. The van der Waals surface area contributed by atoms with Gasteiger partial charge in [-0.3, -0.25) is 10.1 Å². The Morgan fingerprint density at radius 2 is 1.77 bits per heavy atom. The Hall–Kier alpha value is -3.57. The summed E-state index contributed by atoms with van der Waals surface area (Å²) in [6, 6.07) is 15.1. The third kappa shape index (κ3) is 6.74. The van der Waals surface area contributed by atoms with Crippen LogP contribution >= 0.6 is 11.6 Å². The molecule has 12 heteroatoms. The van der Waals surface area contributed by atoms with Gasteiger partial charge in [0.15, 0.2) is 0 Å². The molecule has 184 valence electrons. The van der Waals surface area contributed by atoms with E-state index >= 15 is 0 Å². The van der Waals surface area contributed by atoms with Gasteiger partial charge in [-0.15, -0.1) is 9.00 Å². The van der Waals surface area contributed by atoms with Gasteiger partial charge in [0.2, 0.25) is 0 Å². The molecule has 0 saturated carbocycles. The molecular formula is C23H22ClFN4O5S. The minimum atomic E-state index is -4.88. The summed E-state index contributed by atoms with van der Waals surface area (Å²) in [6.07, 6.45) is 0. The number of azo groups is 1. The smallest absolute Gasteiger partial charge is 0.335 e. The summed E-state index contributed by atoms with van der Waals surface area (Å²) in [6.45, 7) is 5.03. The van der Waals surface area contributed by atoms with Crippen molar-refractivity contribution >= 4 is 44.6 Å². The lowest BCUT2D eigenvalue weighted by Crippen LogP contribution is -2.28. The fraction of sp³-hybridized carbons (Fsp3) is 0.217. The zero-order valence-electron chi connectivity index (χ0n) is 18.9. The molecule has 9 nitrogen and oxygen atoms in total. The Kier molecular flexibility index (Phi) is 8.36. The first-order valence-corrected chi connectivity index (χ1v) is 12.2. The van der Waals surface area contributed by atoms with Gasteiger partial charge in [-0.05, 0) is 55.8 Å². The van der Waals surface area contributed by atoms with Crippen LogP contribution in [-0.2, 0) is 10.2 Å². The number of ether oxygens (including phenoxy) is 1. The van der Waals surface area contributed by atoms with Gasteiger partial charge in [0, 0.05) is 24.4 Å². The van der Waals surface area contributed by atoms with Crippen molar-refractivity contribution in [3.05, 3.63) is 81.4 Å². The van der Waals surface area contributed by atoms with Gasteiger partial charge in [0.25, 0.3) is 5.69 Å². The lowest BCUT2D eigenvalue weighted by molar-refractivity contribution is -0.384. The molecule has 0 fully saturated rings. The van der Waals surface area contributed by atoms with Crippen LogP contribution in [0.4, 0.5) is 26.6 Å². The number of non-ortho nitro benzene ring substituents is 1. The average Bonchev–Trinajstić information content (AvgIpc) is 2.81. The normalized spacial score (nSPS) is 11.5. The van der Waals surface area contributed by atoms with Crippen LogP contribution in [0.25, 0.3) is 0 Å². The number of nitrogens with zero attached hydrogens (tertiary/aromatic N) is 4. The number of aryl methyl sites for hydroxylation is 1. The van der Waals surface area contributed by atoms with E-state index in [-0.39, 0.29) is 23.1 Å². The van der Waals surface area contributed by atoms with Crippen molar-refractivity contribution < 1.29 is 22.0 Å². The molecule has 0 heterocycles. The maximum Gasteiger partial charge on any atom is 0.335 e. The second-order valence-electron chi connectivity index (χ2n) is 7.38. The first-order valence-electron chi connectivity index (χ1n) is 10.5. The third-order valence-corrected chi connectivity index (χ3v) is 6.23. The number of nitro groups is 1. The summed E-state index contributed by atoms with van der Waals surface area (Å²) >= 11 is 6.06. The topological polar surface area (TPSA) is 114 Å². The van der Waals surface area contributed by atoms with Gasteiger partial charge < -0.3 is 9.64 Å². The monoisotopic (exact) mass is 520 g/mol. The van der Waals surface area contributed by atoms with Crippen molar-refractivity contribution in [3.8, 4) is 5.75 Å². The Morgan fingerprint density at radius 3 is 2.40 bits per heavy atom. The molecule has 35 heavy (non-hydrogen) atoms. The highest BCUT2D eigenvalue weighted by Crippen LogP contribution is 2.32. The number of anilines is 1. The molecule has 3 aromatic rings. The molecule has 0 atom stereocenters. The first-order chi connectivity index (χ1) is 16.6. The molecule has 3 aromatic carbocycles. The van der Waals surface area contributed by atoms with Gasteiger partial charge in [0.05, 0.1) is 22.2 Å². The van der Waals surface area contributed by atoms with Crippen LogP contribution < -0.4 is 9.64 Å². The number of rotatable bonds is 10. The van der Waals surface area contributed by atoms with E-state index < -0.39 is 20.0 Å². The van der Waals surface area contributed by atoms with Gasteiger partial charge in [-0.1, -0.05) is 23.7 Å². The molecule has 0 aromatic heterocycles. The largest absolute Gasteiger partial charge is 0.490 e. The number of likely N-dealkylation sites (N-methyl/N-ethyl adjacent to an activating group) is 1. The Morgan fingerprint density at radius 1 is 1.09 bits per heavy atom. The molecule has 0 bridgehead atoms. The molecule has 0 spiro atoms. The summed E-state index contributed by atoms with van der Waals surface area (Å²) in [5.74, 6) is -0.0390. The quantitative estimate of drug-likeness (QED) is 0.130. The van der Waals surface area contributed by atoms with Crippen LogP contribution in [-0.4, -0.2) is 33.0 Å². The van der Waals surface area contributed by atoms with Gasteiger partial charge in [-0.2, -0.15) is 13.5 Å². The minimum absolute atomic E-state index is 0.0390. The second-order valence-corrected chi connectivity index (χ2v) is 9.10.